The molecule has 0 bridgehead atoms. The molecule has 0 saturated carbocycles. The van der Waals surface area contributed by atoms with E-state index in [1.807, 2.05) is 6.08 Å². The number of hydrogen-bond donors (Lipinski definition) is 0. The number of hydrogen-bond acceptors (Lipinski definition) is 1. The molecule has 0 heterocycles. The normalized spacial score (nSPS) is 10.9. The van der Waals surface area contributed by atoms with E-state index in [4.69, 9.17) is 0 Å². The van der Waals surface area contributed by atoms with Crippen LogP contribution >= 0.6 is 0 Å². The van der Waals surface area contributed by atoms with Crippen LogP contribution in [0.1, 0.15) is 5.56 Å². The van der Waals surface area contributed by atoms with E-state index in [-0.39, 0.29) is 0 Å². The second kappa shape index (κ2) is 7.29. The van der Waals surface area contributed by atoms with Crippen molar-refractivity contribution in [1.29, 1.82) is 0 Å². The lowest BCUT2D eigenvalue weighted by atomic mass is 10.0. The van der Waals surface area contributed by atoms with Gasteiger partial charge in [0.25, 0.3) is 0 Å². The van der Waals surface area contributed by atoms with E-state index in [0.717, 1.165) is 22.6 Å². The maximum absolute atomic E-state index is 3.87. The quantitative estimate of drug-likeness (QED) is 0.288. The zero-order valence-corrected chi connectivity index (χ0v) is 16.1. The van der Waals surface area contributed by atoms with Gasteiger partial charge in [-0.3, -0.25) is 0 Å². The maximum Gasteiger partial charge on any atom is 0.0468 e. The van der Waals surface area contributed by atoms with Gasteiger partial charge in [0.05, 0.1) is 0 Å². The Bertz CT molecular complexity index is 1300. The first-order chi connectivity index (χ1) is 14.3. The highest BCUT2D eigenvalue weighted by molar-refractivity contribution is 6.00. The third-order valence-corrected chi connectivity index (χ3v) is 5.35. The molecule has 0 aromatic heterocycles. The lowest BCUT2D eigenvalue weighted by molar-refractivity contribution is 1.29. The fourth-order valence-electron chi connectivity index (χ4n) is 3.85. The average Bonchev–Trinajstić information content (AvgIpc) is 2.79. The highest BCUT2D eigenvalue weighted by Gasteiger charge is 2.12. The van der Waals surface area contributed by atoms with Gasteiger partial charge in [0.1, 0.15) is 0 Å². The van der Waals surface area contributed by atoms with Gasteiger partial charge in [-0.1, -0.05) is 73.3 Å². The molecule has 0 radical (unpaired) electrons. The summed E-state index contributed by atoms with van der Waals surface area (Å²) in [6.07, 6.45) is 1.87. The molecule has 5 aromatic rings. The van der Waals surface area contributed by atoms with Gasteiger partial charge in [-0.2, -0.15) is 0 Å². The van der Waals surface area contributed by atoms with E-state index in [1.165, 1.54) is 21.5 Å². The van der Waals surface area contributed by atoms with Gasteiger partial charge in [-0.05, 0) is 75.6 Å². The third kappa shape index (κ3) is 3.28. The zero-order chi connectivity index (χ0) is 19.6. The Morgan fingerprint density at radius 3 is 1.72 bits per heavy atom. The van der Waals surface area contributed by atoms with Crippen molar-refractivity contribution in [3.8, 4) is 0 Å². The van der Waals surface area contributed by atoms with Crippen molar-refractivity contribution in [3.63, 3.8) is 0 Å². The lowest BCUT2D eigenvalue weighted by Crippen LogP contribution is -2.09. The predicted molar refractivity (Wildman–Crippen MR) is 126 cm³/mol. The lowest BCUT2D eigenvalue weighted by Gasteiger charge is -2.26. The Labute approximate surface area is 171 Å². The smallest absolute Gasteiger partial charge is 0.0468 e. The Balaban J connectivity index is 1.69. The van der Waals surface area contributed by atoms with Crippen molar-refractivity contribution < 1.29 is 0 Å². The van der Waals surface area contributed by atoms with Crippen molar-refractivity contribution >= 4 is 44.7 Å². The first kappa shape index (κ1) is 17.3. The minimum absolute atomic E-state index is 1.12. The molecule has 0 unspecified atom stereocenters. The number of benzene rings is 5. The largest absolute Gasteiger partial charge is 0.310 e. The van der Waals surface area contributed by atoms with Crippen LogP contribution in [0.4, 0.5) is 17.1 Å². The van der Waals surface area contributed by atoms with Crippen LogP contribution in [0.15, 0.2) is 116 Å². The van der Waals surface area contributed by atoms with Crippen LogP contribution < -0.4 is 4.90 Å². The first-order valence-corrected chi connectivity index (χ1v) is 9.82. The topological polar surface area (TPSA) is 3.24 Å². The second-order valence-electron chi connectivity index (χ2n) is 7.20. The van der Waals surface area contributed by atoms with Crippen LogP contribution in [-0.4, -0.2) is 0 Å². The Morgan fingerprint density at radius 2 is 1.03 bits per heavy atom. The maximum atomic E-state index is 3.87. The first-order valence-electron chi connectivity index (χ1n) is 9.82. The van der Waals surface area contributed by atoms with Crippen LogP contribution in [0.5, 0.6) is 0 Å². The van der Waals surface area contributed by atoms with Crippen molar-refractivity contribution in [2.45, 2.75) is 0 Å². The van der Waals surface area contributed by atoms with Crippen LogP contribution in [0.3, 0.4) is 0 Å². The highest BCUT2D eigenvalue weighted by atomic mass is 15.1. The molecular formula is C28H21N. The summed E-state index contributed by atoms with van der Waals surface area (Å²) in [5, 5.41) is 5.03. The summed E-state index contributed by atoms with van der Waals surface area (Å²) in [5.74, 6) is 0. The van der Waals surface area contributed by atoms with E-state index in [2.05, 4.69) is 121 Å². The Kier molecular flexibility index (Phi) is 4.34. The molecule has 5 aromatic carbocycles. The molecule has 0 amide bonds. The second-order valence-corrected chi connectivity index (χ2v) is 7.20. The number of rotatable bonds is 4. The van der Waals surface area contributed by atoms with Gasteiger partial charge >= 0.3 is 0 Å². The fourth-order valence-corrected chi connectivity index (χ4v) is 3.85. The van der Waals surface area contributed by atoms with Gasteiger partial charge in [-0.15, -0.1) is 0 Å². The molecule has 0 atom stereocenters. The minimum atomic E-state index is 1.12. The molecule has 0 aliphatic rings. The molecular weight excluding hydrogens is 350 g/mol. The molecule has 29 heavy (non-hydrogen) atoms. The number of anilines is 3. The average molecular weight is 371 g/mol. The Morgan fingerprint density at radius 1 is 0.483 bits per heavy atom. The van der Waals surface area contributed by atoms with E-state index in [9.17, 15) is 0 Å². The van der Waals surface area contributed by atoms with E-state index in [0.29, 0.717) is 0 Å². The van der Waals surface area contributed by atoms with Crippen LogP contribution in [0.25, 0.3) is 27.6 Å². The van der Waals surface area contributed by atoms with Crippen molar-refractivity contribution in [1.82, 2.24) is 0 Å². The summed E-state index contributed by atoms with van der Waals surface area (Å²) in [4.78, 5) is 2.29. The van der Waals surface area contributed by atoms with Crippen LogP contribution in [0.2, 0.25) is 0 Å². The van der Waals surface area contributed by atoms with Crippen molar-refractivity contribution in [2.24, 2.45) is 0 Å². The van der Waals surface area contributed by atoms with Crippen LogP contribution in [-0.2, 0) is 0 Å². The SMILES string of the molecule is C=Cc1ccc(N(c2ccccc2)c2ccc3cc4ccccc4cc3c2)cc1. The van der Waals surface area contributed by atoms with Gasteiger partial charge in [0.15, 0.2) is 0 Å². The molecule has 5 rings (SSSR count). The summed E-state index contributed by atoms with van der Waals surface area (Å²) >= 11 is 0. The molecule has 1 heteroatoms. The third-order valence-electron chi connectivity index (χ3n) is 5.35. The summed E-state index contributed by atoms with van der Waals surface area (Å²) in [5.41, 5.74) is 4.53. The van der Waals surface area contributed by atoms with E-state index >= 15 is 0 Å². The van der Waals surface area contributed by atoms with Gasteiger partial charge in [-0.25, -0.2) is 0 Å². The standard InChI is InChI=1S/C28H21N/c1-2-21-12-15-27(16-13-21)29(26-10-4-3-5-11-26)28-17-14-24-18-22-8-6-7-9-23(22)19-25(24)20-28/h2-20H,1H2. The number of nitrogens with zero attached hydrogens (tertiary/aromatic N) is 1. The fraction of sp³-hybridized carbons (Fsp3) is 0. The number of para-hydroxylation sites is 1. The Hall–Kier alpha value is -3.84. The molecule has 0 fully saturated rings. The highest BCUT2D eigenvalue weighted by Crippen LogP contribution is 2.36. The molecule has 0 N–H and O–H groups in total. The van der Waals surface area contributed by atoms with Crippen molar-refractivity contribution in [2.75, 3.05) is 4.90 Å². The summed E-state index contributed by atoms with van der Waals surface area (Å²) in [6, 6.07) is 38.7. The molecule has 0 aliphatic heterocycles. The predicted octanol–water partition coefficient (Wildman–Crippen LogP) is 8.11. The monoisotopic (exact) mass is 371 g/mol. The summed E-state index contributed by atoms with van der Waals surface area (Å²) < 4.78 is 0. The minimum Gasteiger partial charge on any atom is -0.310 e. The van der Waals surface area contributed by atoms with Gasteiger partial charge in [0, 0.05) is 17.1 Å². The number of fused-ring (bicyclic) bond motifs is 2. The summed E-state index contributed by atoms with van der Waals surface area (Å²) in [6.45, 7) is 3.87. The van der Waals surface area contributed by atoms with Gasteiger partial charge < -0.3 is 4.90 Å². The van der Waals surface area contributed by atoms with E-state index < -0.39 is 0 Å². The van der Waals surface area contributed by atoms with E-state index in [1.54, 1.807) is 0 Å². The molecule has 1 nitrogen and oxygen atoms in total. The van der Waals surface area contributed by atoms with Crippen LogP contribution in [0, 0.1) is 0 Å². The molecule has 138 valence electrons. The molecule has 0 saturated heterocycles. The van der Waals surface area contributed by atoms with Crippen molar-refractivity contribution in [3.05, 3.63) is 121 Å². The molecule has 0 aliphatic carbocycles. The van der Waals surface area contributed by atoms with Gasteiger partial charge in [0.2, 0.25) is 0 Å². The summed E-state index contributed by atoms with van der Waals surface area (Å²) in [7, 11) is 0. The molecule has 0 spiro atoms. The zero-order valence-electron chi connectivity index (χ0n) is 16.1.